The molecule has 2 aromatic rings. The molecule has 2 N–H and O–H groups in total. The third kappa shape index (κ3) is 3.36. The Balaban J connectivity index is 1.76. The van der Waals surface area contributed by atoms with E-state index in [-0.39, 0.29) is 17.8 Å². The van der Waals surface area contributed by atoms with Crippen molar-refractivity contribution in [3.05, 3.63) is 45.9 Å². The van der Waals surface area contributed by atoms with E-state index in [2.05, 4.69) is 10.6 Å². The van der Waals surface area contributed by atoms with Crippen LogP contribution in [0.1, 0.15) is 27.4 Å². The first-order valence-electron chi connectivity index (χ1n) is 7.51. The second kappa shape index (κ2) is 6.58. The van der Waals surface area contributed by atoms with Crippen molar-refractivity contribution in [3.8, 4) is 11.1 Å². The van der Waals surface area contributed by atoms with Gasteiger partial charge in [0.2, 0.25) is 0 Å². The van der Waals surface area contributed by atoms with Crippen LogP contribution in [0.25, 0.3) is 11.1 Å². The van der Waals surface area contributed by atoms with Crippen LogP contribution in [0.15, 0.2) is 30.3 Å². The largest absolute Gasteiger partial charge is 0.349 e. The molecule has 0 atom stereocenters. The minimum absolute atomic E-state index is 0.00615. The van der Waals surface area contributed by atoms with Gasteiger partial charge in [0.25, 0.3) is 5.91 Å². The van der Waals surface area contributed by atoms with E-state index in [0.29, 0.717) is 0 Å². The molecular formula is C17H19FN2OS. The van der Waals surface area contributed by atoms with Gasteiger partial charge in [-0.05, 0) is 62.2 Å². The lowest BCUT2D eigenvalue weighted by Crippen LogP contribution is -2.42. The summed E-state index contributed by atoms with van der Waals surface area (Å²) in [6.45, 7) is 3.90. The number of carbonyl (C=O) groups excluding carboxylic acids is 1. The van der Waals surface area contributed by atoms with Gasteiger partial charge in [-0.1, -0.05) is 12.1 Å². The number of carbonyl (C=O) groups is 1. The summed E-state index contributed by atoms with van der Waals surface area (Å²) in [5, 5.41) is 6.40. The van der Waals surface area contributed by atoms with Crippen LogP contribution < -0.4 is 10.6 Å². The molecule has 22 heavy (non-hydrogen) atoms. The Morgan fingerprint density at radius 1 is 1.27 bits per heavy atom. The smallest absolute Gasteiger partial charge is 0.261 e. The van der Waals surface area contributed by atoms with Crippen molar-refractivity contribution in [1.82, 2.24) is 10.6 Å². The summed E-state index contributed by atoms with van der Waals surface area (Å²) < 4.78 is 13.0. The third-order valence-corrected chi connectivity index (χ3v) is 5.02. The molecule has 0 aliphatic carbocycles. The first-order valence-corrected chi connectivity index (χ1v) is 8.33. The van der Waals surface area contributed by atoms with Gasteiger partial charge in [-0.15, -0.1) is 11.3 Å². The highest BCUT2D eigenvalue weighted by Crippen LogP contribution is 2.31. The maximum atomic E-state index is 13.0. The summed E-state index contributed by atoms with van der Waals surface area (Å²) in [6, 6.07) is 8.55. The van der Waals surface area contributed by atoms with E-state index in [9.17, 15) is 9.18 Å². The predicted octanol–water partition coefficient (Wildman–Crippen LogP) is 3.34. The fraction of sp³-hybridized carbons (Fsp3) is 0.353. The molecule has 0 unspecified atom stereocenters. The molecule has 1 aromatic heterocycles. The lowest BCUT2D eigenvalue weighted by molar-refractivity contribution is 0.0933. The Hall–Kier alpha value is -1.72. The second-order valence-corrected chi connectivity index (χ2v) is 6.84. The van der Waals surface area contributed by atoms with E-state index in [4.69, 9.17) is 0 Å². The molecule has 1 saturated heterocycles. The van der Waals surface area contributed by atoms with Gasteiger partial charge < -0.3 is 10.6 Å². The van der Waals surface area contributed by atoms with Gasteiger partial charge in [0.1, 0.15) is 5.82 Å². The molecule has 3 nitrogen and oxygen atoms in total. The molecule has 0 radical (unpaired) electrons. The number of hydrogen-bond donors (Lipinski definition) is 2. The number of thiophene rings is 1. The van der Waals surface area contributed by atoms with Gasteiger partial charge in [0, 0.05) is 10.9 Å². The van der Waals surface area contributed by atoms with Crippen LogP contribution in [0.4, 0.5) is 4.39 Å². The SMILES string of the molecule is Cc1sc(C(=O)NC2CCNCC2)cc1-c1ccc(F)cc1. The summed E-state index contributed by atoms with van der Waals surface area (Å²) in [5.74, 6) is -0.256. The van der Waals surface area contributed by atoms with Crippen molar-refractivity contribution >= 4 is 17.2 Å². The molecule has 1 aliphatic rings. The Labute approximate surface area is 133 Å². The van der Waals surface area contributed by atoms with Gasteiger partial charge in [0.05, 0.1) is 4.88 Å². The molecule has 2 heterocycles. The molecule has 0 saturated carbocycles. The fourth-order valence-electron chi connectivity index (χ4n) is 2.73. The zero-order valence-electron chi connectivity index (χ0n) is 12.5. The number of benzene rings is 1. The summed E-state index contributed by atoms with van der Waals surface area (Å²) >= 11 is 1.49. The van der Waals surface area contributed by atoms with E-state index >= 15 is 0 Å². The minimum atomic E-state index is -0.250. The van der Waals surface area contributed by atoms with Gasteiger partial charge in [-0.2, -0.15) is 0 Å². The summed E-state index contributed by atoms with van der Waals surface area (Å²) in [7, 11) is 0. The molecule has 0 spiro atoms. The second-order valence-electron chi connectivity index (χ2n) is 5.59. The molecule has 116 valence electrons. The van der Waals surface area contributed by atoms with Crippen molar-refractivity contribution in [1.29, 1.82) is 0 Å². The van der Waals surface area contributed by atoms with Crippen LogP contribution in [0.3, 0.4) is 0 Å². The van der Waals surface area contributed by atoms with Crippen LogP contribution in [-0.2, 0) is 0 Å². The standard InChI is InChI=1S/C17H19FN2OS/c1-11-15(12-2-4-13(18)5-3-12)10-16(22-11)17(21)20-14-6-8-19-9-7-14/h2-5,10,14,19H,6-9H2,1H3,(H,20,21). The topological polar surface area (TPSA) is 41.1 Å². The van der Waals surface area contributed by atoms with Crippen molar-refractivity contribution in [2.75, 3.05) is 13.1 Å². The maximum Gasteiger partial charge on any atom is 0.261 e. The maximum absolute atomic E-state index is 13.0. The average molecular weight is 318 g/mol. The lowest BCUT2D eigenvalue weighted by Gasteiger charge is -2.23. The number of aryl methyl sites for hydroxylation is 1. The summed E-state index contributed by atoms with van der Waals surface area (Å²) in [6.07, 6.45) is 1.95. The van der Waals surface area contributed by atoms with Crippen molar-refractivity contribution in [2.24, 2.45) is 0 Å². The Bertz CT molecular complexity index is 660. The van der Waals surface area contributed by atoms with E-state index in [1.807, 2.05) is 13.0 Å². The van der Waals surface area contributed by atoms with Crippen LogP contribution in [0.5, 0.6) is 0 Å². The highest BCUT2D eigenvalue weighted by atomic mass is 32.1. The number of nitrogens with one attached hydrogen (secondary N) is 2. The Kier molecular flexibility index (Phi) is 4.55. The normalized spacial score (nSPS) is 15.7. The number of amides is 1. The van der Waals surface area contributed by atoms with Crippen LogP contribution in [0, 0.1) is 12.7 Å². The first-order chi connectivity index (χ1) is 10.6. The zero-order chi connectivity index (χ0) is 15.5. The van der Waals surface area contributed by atoms with E-state index < -0.39 is 0 Å². The number of piperidine rings is 1. The minimum Gasteiger partial charge on any atom is -0.349 e. The fourth-order valence-corrected chi connectivity index (χ4v) is 3.68. The Morgan fingerprint density at radius 3 is 2.64 bits per heavy atom. The molecule has 0 bridgehead atoms. The molecular weight excluding hydrogens is 299 g/mol. The van der Waals surface area contributed by atoms with E-state index in [1.165, 1.54) is 23.5 Å². The van der Waals surface area contributed by atoms with Crippen molar-refractivity contribution < 1.29 is 9.18 Å². The molecule has 1 aromatic carbocycles. The highest BCUT2D eigenvalue weighted by molar-refractivity contribution is 7.14. The molecule has 3 rings (SSSR count). The summed E-state index contributed by atoms with van der Waals surface area (Å²) in [4.78, 5) is 14.2. The zero-order valence-corrected chi connectivity index (χ0v) is 13.3. The third-order valence-electron chi connectivity index (χ3n) is 3.97. The average Bonchev–Trinajstić information content (AvgIpc) is 2.91. The van der Waals surface area contributed by atoms with Gasteiger partial charge in [-0.3, -0.25) is 4.79 Å². The van der Waals surface area contributed by atoms with Gasteiger partial charge >= 0.3 is 0 Å². The first kappa shape index (κ1) is 15.2. The number of halogens is 1. The lowest BCUT2D eigenvalue weighted by atomic mass is 10.1. The van der Waals surface area contributed by atoms with E-state index in [0.717, 1.165) is 46.8 Å². The number of rotatable bonds is 3. The van der Waals surface area contributed by atoms with E-state index in [1.54, 1.807) is 12.1 Å². The molecule has 1 fully saturated rings. The Morgan fingerprint density at radius 2 is 1.95 bits per heavy atom. The quantitative estimate of drug-likeness (QED) is 0.911. The molecule has 5 heteroatoms. The summed E-state index contributed by atoms with van der Waals surface area (Å²) in [5.41, 5.74) is 1.94. The highest BCUT2D eigenvalue weighted by Gasteiger charge is 2.19. The number of hydrogen-bond acceptors (Lipinski definition) is 3. The monoisotopic (exact) mass is 318 g/mol. The van der Waals surface area contributed by atoms with Gasteiger partial charge in [0.15, 0.2) is 0 Å². The molecule has 1 amide bonds. The van der Waals surface area contributed by atoms with Crippen molar-refractivity contribution in [3.63, 3.8) is 0 Å². The van der Waals surface area contributed by atoms with Crippen LogP contribution >= 0.6 is 11.3 Å². The molecule has 1 aliphatic heterocycles. The van der Waals surface area contributed by atoms with Gasteiger partial charge in [-0.25, -0.2) is 4.39 Å². The van der Waals surface area contributed by atoms with Crippen molar-refractivity contribution in [2.45, 2.75) is 25.8 Å². The van der Waals surface area contributed by atoms with Crippen LogP contribution in [-0.4, -0.2) is 25.0 Å². The van der Waals surface area contributed by atoms with Crippen LogP contribution in [0.2, 0.25) is 0 Å². The predicted molar refractivity (Wildman–Crippen MR) is 87.8 cm³/mol.